The lowest BCUT2D eigenvalue weighted by atomic mass is 10.1. The maximum atomic E-state index is 10.6. The van der Waals surface area contributed by atoms with Gasteiger partial charge in [0.1, 0.15) is 0 Å². The Morgan fingerprint density at radius 2 is 2.30 bits per heavy atom. The Morgan fingerprint density at radius 1 is 1.43 bits per heavy atom. The number of hydrogen-bond acceptors (Lipinski definition) is 4. The first-order chi connectivity index (χ1) is 11.2. The number of nitrogens with zero attached hydrogens (tertiary/aromatic N) is 3. The molecule has 3 rings (SSSR count). The molecule has 2 aromatic heterocycles. The predicted molar refractivity (Wildman–Crippen MR) is 89.3 cm³/mol. The van der Waals surface area contributed by atoms with Gasteiger partial charge in [-0.25, -0.2) is 14.8 Å². The maximum absolute atomic E-state index is 10.6. The van der Waals surface area contributed by atoms with Gasteiger partial charge in [-0.3, -0.25) is 0 Å². The molecule has 0 fully saturated rings. The van der Waals surface area contributed by atoms with Crippen LogP contribution < -0.4 is 5.32 Å². The van der Waals surface area contributed by atoms with Crippen molar-refractivity contribution >= 4 is 23.5 Å². The van der Waals surface area contributed by atoms with Gasteiger partial charge < -0.3 is 14.8 Å². The molecule has 0 aliphatic carbocycles. The van der Waals surface area contributed by atoms with Crippen LogP contribution in [0.4, 0.5) is 5.82 Å². The van der Waals surface area contributed by atoms with Gasteiger partial charge in [-0.05, 0) is 24.6 Å². The van der Waals surface area contributed by atoms with Crippen LogP contribution in [0.2, 0.25) is 0 Å². The third-order valence-electron chi connectivity index (χ3n) is 3.32. The monoisotopic (exact) mass is 308 g/mol. The molecule has 116 valence electrons. The summed E-state index contributed by atoms with van der Waals surface area (Å²) < 4.78 is 1.92. The summed E-state index contributed by atoms with van der Waals surface area (Å²) in [7, 11) is 0. The molecule has 0 saturated heterocycles. The standard InChI is InChI=1S/C17H16N4O2/c1-2-18-16-17-19-8-9-21(17)11-14(20-16)13-5-3-4-12(10-13)6-7-15(22)23/h3-11H,2H2,1H3,(H,18,20)(H,22,23)/b7-6+. The van der Waals surface area contributed by atoms with E-state index in [0.29, 0.717) is 0 Å². The lowest BCUT2D eigenvalue weighted by Gasteiger charge is -2.09. The molecule has 0 radical (unpaired) electrons. The summed E-state index contributed by atoms with van der Waals surface area (Å²) in [6, 6.07) is 7.58. The quantitative estimate of drug-likeness (QED) is 0.708. The van der Waals surface area contributed by atoms with E-state index in [1.54, 1.807) is 12.3 Å². The molecule has 2 N–H and O–H groups in total. The van der Waals surface area contributed by atoms with Gasteiger partial charge in [0.25, 0.3) is 0 Å². The number of imidazole rings is 1. The van der Waals surface area contributed by atoms with Crippen molar-refractivity contribution in [2.24, 2.45) is 0 Å². The van der Waals surface area contributed by atoms with Crippen LogP contribution in [0.3, 0.4) is 0 Å². The number of carboxylic acids is 1. The lowest BCUT2D eigenvalue weighted by molar-refractivity contribution is -0.131. The van der Waals surface area contributed by atoms with Gasteiger partial charge in [0.15, 0.2) is 11.5 Å². The predicted octanol–water partition coefficient (Wildman–Crippen LogP) is 2.93. The van der Waals surface area contributed by atoms with Crippen LogP contribution in [0.15, 0.2) is 48.9 Å². The molecule has 0 aliphatic heterocycles. The van der Waals surface area contributed by atoms with Crippen molar-refractivity contribution in [2.45, 2.75) is 6.92 Å². The van der Waals surface area contributed by atoms with Crippen molar-refractivity contribution in [3.8, 4) is 11.3 Å². The Morgan fingerprint density at radius 3 is 3.09 bits per heavy atom. The summed E-state index contributed by atoms with van der Waals surface area (Å²) in [5.74, 6) is -0.246. The zero-order valence-electron chi connectivity index (χ0n) is 12.6. The molecule has 0 bridgehead atoms. The maximum Gasteiger partial charge on any atom is 0.328 e. The number of aromatic nitrogens is 3. The van der Waals surface area contributed by atoms with Crippen molar-refractivity contribution in [1.29, 1.82) is 0 Å². The zero-order valence-corrected chi connectivity index (χ0v) is 12.6. The fourth-order valence-electron chi connectivity index (χ4n) is 2.33. The SMILES string of the molecule is CCNc1nc(-c2cccc(/C=C/C(=O)O)c2)cn2ccnc12. The molecule has 2 heterocycles. The first kappa shape index (κ1) is 14.8. The highest BCUT2D eigenvalue weighted by atomic mass is 16.4. The van der Waals surface area contributed by atoms with Crippen LogP contribution in [0, 0.1) is 0 Å². The fourth-order valence-corrected chi connectivity index (χ4v) is 2.33. The normalized spacial score (nSPS) is 11.2. The van der Waals surface area contributed by atoms with Crippen LogP contribution in [0.1, 0.15) is 12.5 Å². The Labute approximate surface area is 133 Å². The lowest BCUT2D eigenvalue weighted by Crippen LogP contribution is -2.03. The van der Waals surface area contributed by atoms with Gasteiger partial charge in [-0.1, -0.05) is 18.2 Å². The van der Waals surface area contributed by atoms with Gasteiger partial charge in [0.2, 0.25) is 0 Å². The molecule has 0 spiro atoms. The highest BCUT2D eigenvalue weighted by Gasteiger charge is 2.08. The molecule has 23 heavy (non-hydrogen) atoms. The minimum absolute atomic E-state index is 0.724. The van der Waals surface area contributed by atoms with Crippen molar-refractivity contribution in [3.05, 3.63) is 54.5 Å². The number of hydrogen-bond donors (Lipinski definition) is 2. The molecule has 0 amide bonds. The number of benzene rings is 1. The second-order valence-electron chi connectivity index (χ2n) is 4.96. The molecule has 6 nitrogen and oxygen atoms in total. The summed E-state index contributed by atoms with van der Waals surface area (Å²) in [5.41, 5.74) is 3.28. The Hall–Kier alpha value is -3.15. The second kappa shape index (κ2) is 6.31. The van der Waals surface area contributed by atoms with Gasteiger partial charge >= 0.3 is 5.97 Å². The van der Waals surface area contributed by atoms with Gasteiger partial charge in [-0.15, -0.1) is 0 Å². The zero-order chi connectivity index (χ0) is 16.2. The largest absolute Gasteiger partial charge is 0.478 e. The molecular weight excluding hydrogens is 292 g/mol. The molecular formula is C17H16N4O2. The van der Waals surface area contributed by atoms with Crippen molar-refractivity contribution < 1.29 is 9.90 Å². The average molecular weight is 308 g/mol. The highest BCUT2D eigenvalue weighted by Crippen LogP contribution is 2.23. The molecule has 0 aliphatic rings. The van der Waals surface area contributed by atoms with Crippen LogP contribution in [-0.2, 0) is 4.79 Å². The number of carboxylic acid groups (broad SMARTS) is 1. The number of nitrogens with one attached hydrogen (secondary N) is 1. The molecule has 3 aromatic rings. The minimum atomic E-state index is -0.970. The summed E-state index contributed by atoms with van der Waals surface area (Å²) in [6.07, 6.45) is 8.19. The van der Waals surface area contributed by atoms with Crippen molar-refractivity contribution in [3.63, 3.8) is 0 Å². The van der Waals surface area contributed by atoms with Gasteiger partial charge in [-0.2, -0.15) is 0 Å². The van der Waals surface area contributed by atoms with Gasteiger partial charge in [0, 0.05) is 36.8 Å². The van der Waals surface area contributed by atoms with Crippen LogP contribution in [-0.4, -0.2) is 32.0 Å². The Balaban J connectivity index is 2.05. The van der Waals surface area contributed by atoms with Gasteiger partial charge in [0.05, 0.1) is 5.69 Å². The molecule has 0 unspecified atom stereocenters. The van der Waals surface area contributed by atoms with Crippen LogP contribution in [0.25, 0.3) is 23.0 Å². The van der Waals surface area contributed by atoms with E-state index in [4.69, 9.17) is 5.11 Å². The number of rotatable bonds is 5. The van der Waals surface area contributed by atoms with E-state index < -0.39 is 5.97 Å². The summed E-state index contributed by atoms with van der Waals surface area (Å²) >= 11 is 0. The third kappa shape index (κ3) is 3.21. The Kier molecular flexibility index (Phi) is 4.05. The van der Waals surface area contributed by atoms with E-state index in [1.807, 2.05) is 48.0 Å². The van der Waals surface area contributed by atoms with E-state index >= 15 is 0 Å². The van der Waals surface area contributed by atoms with Crippen molar-refractivity contribution in [1.82, 2.24) is 14.4 Å². The van der Waals surface area contributed by atoms with E-state index in [-0.39, 0.29) is 0 Å². The molecule has 0 saturated carbocycles. The van der Waals surface area contributed by atoms with E-state index in [0.717, 1.165) is 40.9 Å². The molecule has 1 aromatic carbocycles. The van der Waals surface area contributed by atoms with Crippen LogP contribution >= 0.6 is 0 Å². The topological polar surface area (TPSA) is 79.5 Å². The second-order valence-corrected chi connectivity index (χ2v) is 4.96. The van der Waals surface area contributed by atoms with E-state index in [2.05, 4.69) is 15.3 Å². The highest BCUT2D eigenvalue weighted by molar-refractivity contribution is 5.85. The number of aliphatic carboxylic acids is 1. The first-order valence-corrected chi connectivity index (χ1v) is 7.26. The number of fused-ring (bicyclic) bond motifs is 1. The minimum Gasteiger partial charge on any atom is -0.478 e. The third-order valence-corrected chi connectivity index (χ3v) is 3.32. The average Bonchev–Trinajstić information content (AvgIpc) is 3.02. The van der Waals surface area contributed by atoms with E-state index in [9.17, 15) is 4.79 Å². The summed E-state index contributed by atoms with van der Waals surface area (Å²) in [4.78, 5) is 19.6. The van der Waals surface area contributed by atoms with Crippen LogP contribution in [0.5, 0.6) is 0 Å². The smallest absolute Gasteiger partial charge is 0.328 e. The molecule has 6 heteroatoms. The summed E-state index contributed by atoms with van der Waals surface area (Å²) in [5, 5.41) is 11.9. The number of carbonyl (C=O) groups is 1. The Bertz CT molecular complexity index is 883. The van der Waals surface area contributed by atoms with Crippen molar-refractivity contribution in [2.75, 3.05) is 11.9 Å². The van der Waals surface area contributed by atoms with E-state index in [1.165, 1.54) is 0 Å². The number of anilines is 1. The fraction of sp³-hybridized carbons (Fsp3) is 0.118. The first-order valence-electron chi connectivity index (χ1n) is 7.26. The molecule has 0 atom stereocenters. The summed E-state index contributed by atoms with van der Waals surface area (Å²) in [6.45, 7) is 2.76.